The molecule has 0 N–H and O–H groups in total. The number of ether oxygens (including phenoxy) is 2. The zero-order valence-corrected chi connectivity index (χ0v) is 18.5. The van der Waals surface area contributed by atoms with Crippen molar-refractivity contribution < 1.29 is 22.7 Å². The van der Waals surface area contributed by atoms with Gasteiger partial charge in [-0.1, -0.05) is 6.08 Å². The summed E-state index contributed by atoms with van der Waals surface area (Å²) in [5, 5.41) is 0. The Morgan fingerprint density at radius 2 is 1.82 bits per heavy atom. The highest BCUT2D eigenvalue weighted by Crippen LogP contribution is 2.37. The second-order valence-corrected chi connectivity index (χ2v) is 8.98. The Hall–Kier alpha value is -2.16. The number of hydrogen-bond acceptors (Lipinski definition) is 5. The lowest BCUT2D eigenvalue weighted by Crippen LogP contribution is -2.22. The third-order valence-electron chi connectivity index (χ3n) is 3.89. The number of hydrogen-bond donors (Lipinski definition) is 0. The zero-order chi connectivity index (χ0) is 20.9. The molecule has 2 rings (SSSR count). The fourth-order valence-electron chi connectivity index (χ4n) is 2.39. The lowest BCUT2D eigenvalue weighted by atomic mass is 10.1. The van der Waals surface area contributed by atoms with E-state index < -0.39 is 10.0 Å². The minimum absolute atomic E-state index is 0.137. The van der Waals surface area contributed by atoms with Crippen molar-refractivity contribution in [2.75, 3.05) is 27.8 Å². The predicted molar refractivity (Wildman–Crippen MR) is 113 cm³/mol. The summed E-state index contributed by atoms with van der Waals surface area (Å²) in [7, 11) is 0.942. The molecular formula is C20H22BrNO5S. The van der Waals surface area contributed by atoms with E-state index in [1.54, 1.807) is 19.3 Å². The van der Waals surface area contributed by atoms with Crippen LogP contribution in [0, 0.1) is 0 Å². The van der Waals surface area contributed by atoms with E-state index in [9.17, 15) is 13.2 Å². The first-order valence-corrected chi connectivity index (χ1v) is 10.7. The van der Waals surface area contributed by atoms with E-state index in [1.165, 1.54) is 44.4 Å². The highest BCUT2D eigenvalue weighted by atomic mass is 79.9. The topological polar surface area (TPSA) is 72.9 Å². The summed E-state index contributed by atoms with van der Waals surface area (Å²) in [4.78, 5) is 12.5. The maximum atomic E-state index is 12.4. The molecule has 0 aliphatic heterocycles. The third-order valence-corrected chi connectivity index (χ3v) is 6.30. The minimum Gasteiger partial charge on any atom is -0.493 e. The molecule has 0 fully saturated rings. The summed E-state index contributed by atoms with van der Waals surface area (Å²) in [5.41, 5.74) is 1.15. The number of ketones is 1. The smallest absolute Gasteiger partial charge is 0.242 e. The summed E-state index contributed by atoms with van der Waals surface area (Å²) in [6, 6.07) is 9.44. The molecule has 0 aliphatic rings. The van der Waals surface area contributed by atoms with Crippen LogP contribution in [0.5, 0.6) is 11.5 Å². The molecular weight excluding hydrogens is 446 g/mol. The Morgan fingerprint density at radius 3 is 2.36 bits per heavy atom. The molecule has 0 aromatic heterocycles. The molecule has 0 heterocycles. The minimum atomic E-state index is -3.52. The van der Waals surface area contributed by atoms with E-state index in [-0.39, 0.29) is 10.7 Å². The maximum Gasteiger partial charge on any atom is 0.242 e. The van der Waals surface area contributed by atoms with Crippen molar-refractivity contribution in [1.29, 1.82) is 0 Å². The Balaban J connectivity index is 2.23. The lowest BCUT2D eigenvalue weighted by molar-refractivity contribution is 0.104. The van der Waals surface area contributed by atoms with Gasteiger partial charge in [0.05, 0.1) is 23.1 Å². The van der Waals surface area contributed by atoms with Gasteiger partial charge in [0.1, 0.15) is 0 Å². The van der Waals surface area contributed by atoms with Crippen LogP contribution >= 0.6 is 15.9 Å². The van der Waals surface area contributed by atoms with Crippen LogP contribution in [0.2, 0.25) is 0 Å². The normalized spacial score (nSPS) is 11.8. The van der Waals surface area contributed by atoms with Crippen molar-refractivity contribution in [3.63, 3.8) is 0 Å². The summed E-state index contributed by atoms with van der Waals surface area (Å²) in [6.45, 7) is 2.38. The number of sulfonamides is 1. The molecule has 150 valence electrons. The van der Waals surface area contributed by atoms with Gasteiger partial charge in [0.25, 0.3) is 0 Å². The molecule has 8 heteroatoms. The lowest BCUT2D eigenvalue weighted by Gasteiger charge is -2.12. The van der Waals surface area contributed by atoms with Crippen LogP contribution in [0.4, 0.5) is 0 Å². The Morgan fingerprint density at radius 1 is 1.18 bits per heavy atom. The number of carbonyl (C=O) groups is 1. The van der Waals surface area contributed by atoms with Crippen LogP contribution in [0.1, 0.15) is 22.8 Å². The number of allylic oxidation sites excluding steroid dienone is 1. The van der Waals surface area contributed by atoms with Gasteiger partial charge in [0.15, 0.2) is 17.3 Å². The van der Waals surface area contributed by atoms with Gasteiger partial charge in [-0.25, -0.2) is 12.7 Å². The second-order valence-electron chi connectivity index (χ2n) is 5.98. The van der Waals surface area contributed by atoms with E-state index in [0.717, 1.165) is 14.3 Å². The van der Waals surface area contributed by atoms with Gasteiger partial charge in [-0.2, -0.15) is 0 Å². The van der Waals surface area contributed by atoms with Gasteiger partial charge in [-0.3, -0.25) is 4.79 Å². The Kier molecular flexibility index (Phi) is 7.40. The van der Waals surface area contributed by atoms with Crippen molar-refractivity contribution in [3.05, 3.63) is 58.1 Å². The van der Waals surface area contributed by atoms with Crippen molar-refractivity contribution in [1.82, 2.24) is 4.31 Å². The molecule has 0 radical (unpaired) electrons. The Labute approximate surface area is 173 Å². The number of nitrogens with zero attached hydrogens (tertiary/aromatic N) is 1. The summed E-state index contributed by atoms with van der Waals surface area (Å²) in [6.07, 6.45) is 3.09. The van der Waals surface area contributed by atoms with E-state index in [4.69, 9.17) is 9.47 Å². The molecule has 28 heavy (non-hydrogen) atoms. The van der Waals surface area contributed by atoms with Crippen molar-refractivity contribution in [3.8, 4) is 11.5 Å². The quantitative estimate of drug-likeness (QED) is 0.433. The summed E-state index contributed by atoms with van der Waals surface area (Å²) >= 11 is 3.45. The maximum absolute atomic E-state index is 12.4. The van der Waals surface area contributed by atoms with Gasteiger partial charge in [-0.15, -0.1) is 0 Å². The molecule has 0 unspecified atom stereocenters. The number of halogens is 1. The average molecular weight is 468 g/mol. The molecule has 0 amide bonds. The summed E-state index contributed by atoms with van der Waals surface area (Å²) < 4.78 is 36.9. The molecule has 6 nitrogen and oxygen atoms in total. The molecule has 0 atom stereocenters. The van der Waals surface area contributed by atoms with Crippen LogP contribution in [-0.2, 0) is 10.0 Å². The number of carbonyl (C=O) groups excluding carboxylic acids is 1. The van der Waals surface area contributed by atoms with Crippen molar-refractivity contribution in [2.24, 2.45) is 0 Å². The standard InChI is InChI=1S/C20H22BrNO5S/c1-5-27-20-17(21)12-14(13-19(20)26-4)6-11-18(23)15-7-9-16(10-8-15)28(24,25)22(2)3/h6-13H,5H2,1-4H3. The first-order valence-electron chi connectivity index (χ1n) is 8.46. The highest BCUT2D eigenvalue weighted by Gasteiger charge is 2.17. The monoisotopic (exact) mass is 467 g/mol. The number of rotatable bonds is 8. The van der Waals surface area contributed by atoms with Crippen molar-refractivity contribution >= 4 is 37.8 Å². The van der Waals surface area contributed by atoms with Crippen LogP contribution in [0.15, 0.2) is 51.8 Å². The molecule has 0 spiro atoms. The molecule has 2 aromatic carbocycles. The van der Waals surface area contributed by atoms with E-state index >= 15 is 0 Å². The zero-order valence-electron chi connectivity index (χ0n) is 16.1. The van der Waals surface area contributed by atoms with Crippen LogP contribution < -0.4 is 9.47 Å². The number of benzene rings is 2. The average Bonchev–Trinajstić information content (AvgIpc) is 2.67. The van der Waals surface area contributed by atoms with E-state index in [0.29, 0.717) is 23.7 Å². The van der Waals surface area contributed by atoms with E-state index in [2.05, 4.69) is 15.9 Å². The SMILES string of the molecule is CCOc1c(Br)cc(C=CC(=O)c2ccc(S(=O)(=O)N(C)C)cc2)cc1OC. The first kappa shape index (κ1) is 22.1. The molecule has 2 aromatic rings. The fraction of sp³-hybridized carbons (Fsp3) is 0.250. The number of methoxy groups -OCH3 is 1. The molecule has 0 saturated heterocycles. The highest BCUT2D eigenvalue weighted by molar-refractivity contribution is 9.10. The second kappa shape index (κ2) is 9.36. The third kappa shape index (κ3) is 5.01. The van der Waals surface area contributed by atoms with E-state index in [1.807, 2.05) is 13.0 Å². The fourth-order valence-corrected chi connectivity index (χ4v) is 3.87. The molecule has 0 bridgehead atoms. The van der Waals surface area contributed by atoms with Gasteiger partial charge < -0.3 is 9.47 Å². The molecule has 0 aliphatic carbocycles. The van der Waals surface area contributed by atoms with Gasteiger partial charge >= 0.3 is 0 Å². The first-order chi connectivity index (χ1) is 13.2. The van der Waals surface area contributed by atoms with Crippen LogP contribution in [-0.4, -0.2) is 46.3 Å². The van der Waals surface area contributed by atoms with Crippen LogP contribution in [0.25, 0.3) is 6.08 Å². The van der Waals surface area contributed by atoms with Gasteiger partial charge in [0.2, 0.25) is 10.0 Å². The predicted octanol–water partition coefficient (Wildman–Crippen LogP) is 4.00. The molecule has 0 saturated carbocycles. The van der Waals surface area contributed by atoms with Crippen molar-refractivity contribution in [2.45, 2.75) is 11.8 Å². The summed E-state index contributed by atoms with van der Waals surface area (Å²) in [5.74, 6) is 0.922. The largest absolute Gasteiger partial charge is 0.493 e. The Bertz CT molecular complexity index is 982. The van der Waals surface area contributed by atoms with Gasteiger partial charge in [-0.05, 0) is 70.9 Å². The van der Waals surface area contributed by atoms with Crippen LogP contribution in [0.3, 0.4) is 0 Å². The van der Waals surface area contributed by atoms with Gasteiger partial charge in [0, 0.05) is 19.7 Å².